The van der Waals surface area contributed by atoms with Crippen molar-refractivity contribution >= 4 is 0 Å². The Labute approximate surface area is 134 Å². The fourth-order valence-electron chi connectivity index (χ4n) is 3.75. The van der Waals surface area contributed by atoms with Crippen molar-refractivity contribution in [1.29, 1.82) is 0 Å². The van der Waals surface area contributed by atoms with Crippen LogP contribution in [0.2, 0.25) is 0 Å². The third-order valence-corrected chi connectivity index (χ3v) is 5.19. The Morgan fingerprint density at radius 1 is 0.909 bits per heavy atom. The molecule has 0 aliphatic carbocycles. The van der Waals surface area contributed by atoms with E-state index in [9.17, 15) is 0 Å². The molecule has 1 aliphatic rings. The Bertz CT molecular complexity index is 530. The lowest BCUT2D eigenvalue weighted by molar-refractivity contribution is 0.128. The summed E-state index contributed by atoms with van der Waals surface area (Å²) < 4.78 is 0. The standard InChI is InChI=1S/C20H26N2/c1-2-19(21)22-15-13-20(14-16-22,17-9-5-3-6-10-17)18-11-7-4-8-12-18/h3-12,19H,2,13-16,21H2,1H3. The Kier molecular flexibility index (Phi) is 4.60. The Balaban J connectivity index is 1.94. The number of hydrogen-bond acceptors (Lipinski definition) is 2. The van der Waals surface area contributed by atoms with Crippen molar-refractivity contribution in [2.45, 2.75) is 37.8 Å². The average Bonchev–Trinajstić information content (AvgIpc) is 2.62. The maximum absolute atomic E-state index is 6.24. The first-order chi connectivity index (χ1) is 10.8. The number of likely N-dealkylation sites (tertiary alicyclic amines) is 1. The van der Waals surface area contributed by atoms with E-state index in [-0.39, 0.29) is 11.6 Å². The van der Waals surface area contributed by atoms with Crippen molar-refractivity contribution < 1.29 is 0 Å². The van der Waals surface area contributed by atoms with Crippen LogP contribution in [-0.4, -0.2) is 24.2 Å². The molecule has 22 heavy (non-hydrogen) atoms. The first kappa shape index (κ1) is 15.3. The quantitative estimate of drug-likeness (QED) is 0.930. The molecule has 116 valence electrons. The van der Waals surface area contributed by atoms with E-state index in [0.717, 1.165) is 32.4 Å². The lowest BCUT2D eigenvalue weighted by Crippen LogP contribution is -2.50. The summed E-state index contributed by atoms with van der Waals surface area (Å²) in [5, 5.41) is 0. The van der Waals surface area contributed by atoms with Gasteiger partial charge in [0.15, 0.2) is 0 Å². The Morgan fingerprint density at radius 2 is 1.36 bits per heavy atom. The summed E-state index contributed by atoms with van der Waals surface area (Å²) in [5.74, 6) is 0. The van der Waals surface area contributed by atoms with Crippen LogP contribution in [0.15, 0.2) is 60.7 Å². The fraction of sp³-hybridized carbons (Fsp3) is 0.400. The monoisotopic (exact) mass is 294 g/mol. The van der Waals surface area contributed by atoms with Gasteiger partial charge in [0.05, 0.1) is 6.17 Å². The van der Waals surface area contributed by atoms with Crippen molar-refractivity contribution in [3.05, 3.63) is 71.8 Å². The van der Waals surface area contributed by atoms with E-state index in [1.54, 1.807) is 0 Å². The van der Waals surface area contributed by atoms with Crippen molar-refractivity contribution in [3.63, 3.8) is 0 Å². The summed E-state index contributed by atoms with van der Waals surface area (Å²) in [4.78, 5) is 2.43. The van der Waals surface area contributed by atoms with Crippen LogP contribution in [0.25, 0.3) is 0 Å². The van der Waals surface area contributed by atoms with Gasteiger partial charge in [0.25, 0.3) is 0 Å². The minimum atomic E-state index is 0.131. The summed E-state index contributed by atoms with van der Waals surface area (Å²) >= 11 is 0. The van der Waals surface area contributed by atoms with Crippen molar-refractivity contribution in [1.82, 2.24) is 4.90 Å². The topological polar surface area (TPSA) is 29.3 Å². The van der Waals surface area contributed by atoms with E-state index in [2.05, 4.69) is 72.5 Å². The van der Waals surface area contributed by atoms with E-state index in [0.29, 0.717) is 0 Å². The highest BCUT2D eigenvalue weighted by atomic mass is 15.2. The van der Waals surface area contributed by atoms with Gasteiger partial charge in [-0.1, -0.05) is 67.6 Å². The highest BCUT2D eigenvalue weighted by Crippen LogP contribution is 2.41. The number of hydrogen-bond donors (Lipinski definition) is 1. The van der Waals surface area contributed by atoms with Gasteiger partial charge in [-0.15, -0.1) is 0 Å². The molecule has 1 saturated heterocycles. The minimum Gasteiger partial charge on any atom is -0.316 e. The van der Waals surface area contributed by atoms with E-state index in [4.69, 9.17) is 5.73 Å². The Morgan fingerprint density at radius 3 is 1.77 bits per heavy atom. The number of benzene rings is 2. The van der Waals surface area contributed by atoms with Gasteiger partial charge in [-0.05, 0) is 30.4 Å². The zero-order valence-electron chi connectivity index (χ0n) is 13.4. The van der Waals surface area contributed by atoms with Gasteiger partial charge in [0.1, 0.15) is 0 Å². The predicted octanol–water partition coefficient (Wildman–Crippen LogP) is 3.76. The smallest absolute Gasteiger partial charge is 0.0569 e. The fourth-order valence-corrected chi connectivity index (χ4v) is 3.75. The lowest BCUT2D eigenvalue weighted by atomic mass is 9.68. The summed E-state index contributed by atoms with van der Waals surface area (Å²) in [6.45, 7) is 4.30. The van der Waals surface area contributed by atoms with Gasteiger partial charge >= 0.3 is 0 Å². The van der Waals surface area contributed by atoms with Crippen molar-refractivity contribution in [2.24, 2.45) is 5.73 Å². The molecule has 1 unspecified atom stereocenters. The third kappa shape index (κ3) is 2.81. The van der Waals surface area contributed by atoms with E-state index in [1.807, 2.05) is 0 Å². The summed E-state index contributed by atoms with van der Waals surface area (Å²) in [7, 11) is 0. The van der Waals surface area contributed by atoms with Crippen LogP contribution >= 0.6 is 0 Å². The van der Waals surface area contributed by atoms with E-state index < -0.39 is 0 Å². The van der Waals surface area contributed by atoms with Gasteiger partial charge in [0.2, 0.25) is 0 Å². The lowest BCUT2D eigenvalue weighted by Gasteiger charge is -2.44. The molecule has 0 spiro atoms. The number of rotatable bonds is 4. The number of nitrogens with two attached hydrogens (primary N) is 1. The molecular formula is C20H26N2. The van der Waals surface area contributed by atoms with Gasteiger partial charge in [0, 0.05) is 18.5 Å². The van der Waals surface area contributed by atoms with Crippen molar-refractivity contribution in [2.75, 3.05) is 13.1 Å². The summed E-state index contributed by atoms with van der Waals surface area (Å²) in [5.41, 5.74) is 9.24. The number of nitrogens with zero attached hydrogens (tertiary/aromatic N) is 1. The minimum absolute atomic E-state index is 0.131. The molecule has 2 heteroatoms. The zero-order chi connectivity index (χ0) is 15.4. The molecule has 0 bridgehead atoms. The molecule has 3 rings (SSSR count). The first-order valence-corrected chi connectivity index (χ1v) is 8.37. The zero-order valence-corrected chi connectivity index (χ0v) is 13.4. The highest BCUT2D eigenvalue weighted by molar-refractivity contribution is 5.40. The average molecular weight is 294 g/mol. The van der Waals surface area contributed by atoms with E-state index in [1.165, 1.54) is 11.1 Å². The maximum atomic E-state index is 6.24. The van der Waals surface area contributed by atoms with Crippen molar-refractivity contribution in [3.8, 4) is 0 Å². The first-order valence-electron chi connectivity index (χ1n) is 8.37. The summed E-state index contributed by atoms with van der Waals surface area (Å²) in [6, 6.07) is 22.0. The van der Waals surface area contributed by atoms with Gasteiger partial charge in [-0.3, -0.25) is 4.90 Å². The molecule has 0 aromatic heterocycles. The predicted molar refractivity (Wildman–Crippen MR) is 92.7 cm³/mol. The van der Waals surface area contributed by atoms with E-state index >= 15 is 0 Å². The molecule has 2 aromatic rings. The van der Waals surface area contributed by atoms with Gasteiger partial charge in [-0.2, -0.15) is 0 Å². The maximum Gasteiger partial charge on any atom is 0.0569 e. The van der Waals surface area contributed by atoms with Crippen LogP contribution < -0.4 is 5.73 Å². The van der Waals surface area contributed by atoms with Gasteiger partial charge < -0.3 is 5.73 Å². The largest absolute Gasteiger partial charge is 0.316 e. The molecular weight excluding hydrogens is 268 g/mol. The highest BCUT2D eigenvalue weighted by Gasteiger charge is 2.38. The molecule has 1 heterocycles. The second-order valence-corrected chi connectivity index (χ2v) is 6.33. The van der Waals surface area contributed by atoms with Crippen LogP contribution in [0.4, 0.5) is 0 Å². The second kappa shape index (κ2) is 6.64. The molecule has 0 saturated carbocycles. The normalized spacial score (nSPS) is 19.7. The van der Waals surface area contributed by atoms with Crippen LogP contribution in [0.5, 0.6) is 0 Å². The second-order valence-electron chi connectivity index (χ2n) is 6.33. The van der Waals surface area contributed by atoms with Crippen LogP contribution in [0.1, 0.15) is 37.3 Å². The molecule has 2 N–H and O–H groups in total. The molecule has 0 amide bonds. The molecule has 0 radical (unpaired) electrons. The Hall–Kier alpha value is -1.64. The number of piperidine rings is 1. The third-order valence-electron chi connectivity index (χ3n) is 5.19. The van der Waals surface area contributed by atoms with Crippen LogP contribution in [-0.2, 0) is 5.41 Å². The van der Waals surface area contributed by atoms with Crippen LogP contribution in [0.3, 0.4) is 0 Å². The molecule has 2 nitrogen and oxygen atoms in total. The molecule has 1 aliphatic heterocycles. The molecule has 1 atom stereocenters. The molecule has 2 aromatic carbocycles. The molecule has 1 fully saturated rings. The van der Waals surface area contributed by atoms with Gasteiger partial charge in [-0.25, -0.2) is 0 Å². The van der Waals surface area contributed by atoms with Crippen LogP contribution in [0, 0.1) is 0 Å². The summed E-state index contributed by atoms with van der Waals surface area (Å²) in [6.07, 6.45) is 3.48. The SMILES string of the molecule is CCC(N)N1CCC(c2ccccc2)(c2ccccc2)CC1.